The maximum atomic E-state index is 12.0. The summed E-state index contributed by atoms with van der Waals surface area (Å²) in [7, 11) is 0. The maximum absolute atomic E-state index is 12.0. The largest absolute Gasteiger partial charge is 0.458 e. The molecule has 0 saturated heterocycles. The van der Waals surface area contributed by atoms with Crippen LogP contribution in [0.5, 0.6) is 0 Å². The maximum Gasteiger partial charge on any atom is 0.339 e. The number of esters is 2. The van der Waals surface area contributed by atoms with Crippen molar-refractivity contribution in [2.45, 2.75) is 5.92 Å². The number of hydrogen-bond donors (Lipinski definition) is 0. The van der Waals surface area contributed by atoms with E-state index in [4.69, 9.17) is 14.2 Å². The van der Waals surface area contributed by atoms with Gasteiger partial charge in [0.05, 0.1) is 22.0 Å². The molecule has 0 saturated carbocycles. The van der Waals surface area contributed by atoms with Gasteiger partial charge in [0.1, 0.15) is 13.2 Å². The van der Waals surface area contributed by atoms with Gasteiger partial charge in [-0.1, -0.05) is 12.1 Å². The number of nitrogens with zero attached hydrogens (tertiary/aromatic N) is 1. The van der Waals surface area contributed by atoms with Crippen molar-refractivity contribution in [3.63, 3.8) is 0 Å². The molecule has 0 unspecified atom stereocenters. The highest BCUT2D eigenvalue weighted by Gasteiger charge is 2.47. The van der Waals surface area contributed by atoms with E-state index in [1.54, 1.807) is 6.07 Å². The normalized spacial score (nSPS) is 20.0. The first kappa shape index (κ1) is 13.5. The number of benzene rings is 1. The Hall–Kier alpha value is -3.16. The molecule has 116 valence electrons. The minimum Gasteiger partial charge on any atom is -0.458 e. The molecule has 3 heterocycles. The van der Waals surface area contributed by atoms with Crippen LogP contribution in [0.2, 0.25) is 0 Å². The lowest BCUT2D eigenvalue weighted by molar-refractivity contribution is -0.384. The molecule has 0 fully saturated rings. The second kappa shape index (κ2) is 4.67. The lowest BCUT2D eigenvalue weighted by Crippen LogP contribution is -2.20. The van der Waals surface area contributed by atoms with Crippen LogP contribution in [0.25, 0.3) is 0 Å². The van der Waals surface area contributed by atoms with E-state index in [-0.39, 0.29) is 30.0 Å². The Balaban J connectivity index is 1.90. The number of nitro groups is 1. The monoisotopic (exact) mass is 315 g/mol. The summed E-state index contributed by atoms with van der Waals surface area (Å²) in [5.41, 5.74) is 0.711. The fourth-order valence-corrected chi connectivity index (χ4v) is 2.97. The third-order valence-corrected chi connectivity index (χ3v) is 3.95. The summed E-state index contributed by atoms with van der Waals surface area (Å²) in [5.74, 6) is -1.32. The number of ether oxygens (including phenoxy) is 3. The molecule has 0 atom stereocenters. The molecule has 1 aromatic rings. The molecule has 3 aliphatic rings. The Morgan fingerprint density at radius 3 is 2.22 bits per heavy atom. The van der Waals surface area contributed by atoms with Crippen LogP contribution in [-0.4, -0.2) is 30.1 Å². The summed E-state index contributed by atoms with van der Waals surface area (Å²) in [6.07, 6.45) is 0. The number of rotatable bonds is 2. The Labute approximate surface area is 129 Å². The summed E-state index contributed by atoms with van der Waals surface area (Å²) in [6, 6.07) is 5.80. The highest BCUT2D eigenvalue weighted by Crippen LogP contribution is 2.46. The number of hydrogen-bond acceptors (Lipinski definition) is 7. The van der Waals surface area contributed by atoms with Gasteiger partial charge < -0.3 is 14.2 Å². The van der Waals surface area contributed by atoms with Crippen LogP contribution in [0.3, 0.4) is 0 Å². The lowest BCUT2D eigenvalue weighted by atomic mass is 9.82. The molecule has 8 nitrogen and oxygen atoms in total. The summed E-state index contributed by atoms with van der Waals surface area (Å²) >= 11 is 0. The molecule has 4 rings (SSSR count). The van der Waals surface area contributed by atoms with E-state index in [0.717, 1.165) is 0 Å². The van der Waals surface area contributed by atoms with Gasteiger partial charge in [-0.05, 0) is 5.56 Å². The Morgan fingerprint density at radius 2 is 1.65 bits per heavy atom. The second-order valence-corrected chi connectivity index (χ2v) is 5.21. The minimum absolute atomic E-state index is 0.0233. The first-order chi connectivity index (χ1) is 11.1. The molecule has 0 bridgehead atoms. The van der Waals surface area contributed by atoms with Crippen LogP contribution in [0.4, 0.5) is 5.69 Å². The van der Waals surface area contributed by atoms with E-state index in [9.17, 15) is 19.7 Å². The first-order valence-corrected chi connectivity index (χ1v) is 6.79. The van der Waals surface area contributed by atoms with Crippen LogP contribution in [-0.2, 0) is 23.8 Å². The van der Waals surface area contributed by atoms with Crippen LogP contribution in [0, 0.1) is 10.1 Å². The van der Waals surface area contributed by atoms with Crippen LogP contribution >= 0.6 is 0 Å². The van der Waals surface area contributed by atoms with Crippen molar-refractivity contribution in [2.24, 2.45) is 0 Å². The van der Waals surface area contributed by atoms with E-state index in [2.05, 4.69) is 0 Å². The van der Waals surface area contributed by atoms with Gasteiger partial charge in [-0.25, -0.2) is 9.59 Å². The predicted molar refractivity (Wildman–Crippen MR) is 72.9 cm³/mol. The van der Waals surface area contributed by atoms with Gasteiger partial charge in [0.2, 0.25) is 0 Å². The average molecular weight is 315 g/mol. The van der Waals surface area contributed by atoms with Crippen molar-refractivity contribution in [1.29, 1.82) is 0 Å². The average Bonchev–Trinajstić information content (AvgIpc) is 3.10. The van der Waals surface area contributed by atoms with E-state index < -0.39 is 22.8 Å². The first-order valence-electron chi connectivity index (χ1n) is 6.79. The SMILES string of the molecule is O=C1OCC2=C1C(c1cccc([N+](=O)[O-])c1)C1=C(COC1=O)O2. The molecule has 0 radical (unpaired) electrons. The van der Waals surface area contributed by atoms with Crippen molar-refractivity contribution in [2.75, 3.05) is 13.2 Å². The molecular weight excluding hydrogens is 306 g/mol. The van der Waals surface area contributed by atoms with Gasteiger partial charge in [-0.15, -0.1) is 0 Å². The minimum atomic E-state index is -0.779. The number of carbonyl (C=O) groups is 2. The van der Waals surface area contributed by atoms with Crippen molar-refractivity contribution >= 4 is 17.6 Å². The molecular formula is C15H9NO7. The highest BCUT2D eigenvalue weighted by atomic mass is 16.6. The molecule has 0 N–H and O–H groups in total. The molecule has 8 heteroatoms. The number of nitro benzene ring substituents is 1. The fraction of sp³-hybridized carbons (Fsp3) is 0.200. The third kappa shape index (κ3) is 1.91. The van der Waals surface area contributed by atoms with Gasteiger partial charge in [0.25, 0.3) is 5.69 Å². The summed E-state index contributed by atoms with van der Waals surface area (Å²) in [4.78, 5) is 34.5. The standard InChI is InChI=1S/C15H9NO7/c17-14-12-9(5-21-14)23-10-6-22-15(18)13(10)11(12)7-2-1-3-8(4-7)16(19)20/h1-4,11H,5-6H2. The fourth-order valence-electron chi connectivity index (χ4n) is 2.97. The van der Waals surface area contributed by atoms with Gasteiger partial charge in [-0.2, -0.15) is 0 Å². The second-order valence-electron chi connectivity index (χ2n) is 5.21. The number of non-ortho nitro benzene ring substituents is 1. The van der Waals surface area contributed by atoms with Crippen LogP contribution in [0.15, 0.2) is 46.9 Å². The van der Waals surface area contributed by atoms with Crippen molar-refractivity contribution < 1.29 is 28.7 Å². The Morgan fingerprint density at radius 1 is 1.04 bits per heavy atom. The topological polar surface area (TPSA) is 105 Å². The van der Waals surface area contributed by atoms with Gasteiger partial charge in [0, 0.05) is 12.1 Å². The van der Waals surface area contributed by atoms with E-state index >= 15 is 0 Å². The molecule has 0 aliphatic carbocycles. The zero-order chi connectivity index (χ0) is 16.1. The summed E-state index contributed by atoms with van der Waals surface area (Å²) < 4.78 is 15.5. The van der Waals surface area contributed by atoms with E-state index in [0.29, 0.717) is 17.1 Å². The number of carbonyl (C=O) groups excluding carboxylic acids is 2. The van der Waals surface area contributed by atoms with Gasteiger partial charge >= 0.3 is 11.9 Å². The highest BCUT2D eigenvalue weighted by molar-refractivity contribution is 6.01. The molecule has 1 aromatic carbocycles. The zero-order valence-corrected chi connectivity index (χ0v) is 11.6. The van der Waals surface area contributed by atoms with Gasteiger partial charge in [0.15, 0.2) is 11.5 Å². The summed E-state index contributed by atoms with van der Waals surface area (Å²) in [6.45, 7) is -0.0465. The number of cyclic esters (lactones) is 2. The van der Waals surface area contributed by atoms with E-state index in [1.807, 2.05) is 0 Å². The Kier molecular flexibility index (Phi) is 2.74. The smallest absolute Gasteiger partial charge is 0.339 e. The molecule has 3 aliphatic heterocycles. The molecule has 23 heavy (non-hydrogen) atoms. The lowest BCUT2D eigenvalue weighted by Gasteiger charge is -2.22. The van der Waals surface area contributed by atoms with Crippen molar-refractivity contribution in [1.82, 2.24) is 0 Å². The zero-order valence-electron chi connectivity index (χ0n) is 11.6. The quantitative estimate of drug-likeness (QED) is 0.460. The summed E-state index contributed by atoms with van der Waals surface area (Å²) in [5, 5.41) is 11.0. The predicted octanol–water partition coefficient (Wildman–Crippen LogP) is 1.33. The van der Waals surface area contributed by atoms with Crippen molar-refractivity contribution in [3.05, 3.63) is 62.6 Å². The van der Waals surface area contributed by atoms with Crippen LogP contribution in [0.1, 0.15) is 11.5 Å². The molecule has 0 aromatic heterocycles. The molecule has 0 amide bonds. The third-order valence-electron chi connectivity index (χ3n) is 3.95. The van der Waals surface area contributed by atoms with Crippen LogP contribution < -0.4 is 0 Å². The van der Waals surface area contributed by atoms with E-state index in [1.165, 1.54) is 18.2 Å². The Bertz CT molecular complexity index is 796. The van der Waals surface area contributed by atoms with Gasteiger partial charge in [-0.3, -0.25) is 10.1 Å². The van der Waals surface area contributed by atoms with Crippen molar-refractivity contribution in [3.8, 4) is 0 Å². The molecule has 0 spiro atoms.